The van der Waals surface area contributed by atoms with Gasteiger partial charge in [-0.15, -0.1) is 0 Å². The van der Waals surface area contributed by atoms with Crippen LogP contribution >= 0.6 is 34.2 Å². The van der Waals surface area contributed by atoms with Gasteiger partial charge in [0.2, 0.25) is 0 Å². The molecule has 1 heterocycles. The first kappa shape index (κ1) is 23.4. The molecule has 3 aliphatic carbocycles. The zero-order valence-electron chi connectivity index (χ0n) is 18.6. The van der Waals surface area contributed by atoms with Gasteiger partial charge in [0, 0.05) is 5.02 Å². The zero-order valence-corrected chi connectivity index (χ0v) is 21.5. The van der Waals surface area contributed by atoms with Crippen LogP contribution in [0.5, 0.6) is 11.5 Å². The van der Waals surface area contributed by atoms with Gasteiger partial charge in [0.15, 0.2) is 11.5 Å². The summed E-state index contributed by atoms with van der Waals surface area (Å²) >= 11 is 8.15. The number of carbonyl (C=O) groups excluding carboxylic acids is 2. The Hall–Kier alpha value is -2.39. The summed E-state index contributed by atoms with van der Waals surface area (Å²) in [6.07, 6.45) is 7.69. The normalized spacial score (nSPS) is 25.3. The minimum atomic E-state index is -0.267. The summed E-state index contributed by atoms with van der Waals surface area (Å²) in [6.45, 7) is 2.75. The van der Waals surface area contributed by atoms with E-state index in [4.69, 9.17) is 21.1 Å². The molecule has 2 amide bonds. The fourth-order valence-electron chi connectivity index (χ4n) is 5.10. The Kier molecular flexibility index (Phi) is 6.66. The molecule has 0 unspecified atom stereocenters. The Morgan fingerprint density at radius 1 is 1.06 bits per heavy atom. The molecule has 0 N–H and O–H groups in total. The molecule has 1 saturated carbocycles. The molecule has 2 fully saturated rings. The molecule has 1 aliphatic heterocycles. The van der Waals surface area contributed by atoms with Crippen molar-refractivity contribution in [3.63, 3.8) is 0 Å². The van der Waals surface area contributed by atoms with Gasteiger partial charge in [0.1, 0.15) is 6.61 Å². The minimum absolute atomic E-state index is 0.147. The van der Waals surface area contributed by atoms with Gasteiger partial charge in [-0.2, -0.15) is 10.1 Å². The van der Waals surface area contributed by atoms with E-state index in [1.165, 1.54) is 0 Å². The molecule has 8 heteroatoms. The van der Waals surface area contributed by atoms with Gasteiger partial charge >= 0.3 is 0 Å². The number of rotatable bonds is 7. The Morgan fingerprint density at radius 2 is 1.71 bits per heavy atom. The van der Waals surface area contributed by atoms with Crippen LogP contribution in [0.3, 0.4) is 0 Å². The van der Waals surface area contributed by atoms with Crippen molar-refractivity contribution in [1.29, 1.82) is 0 Å². The number of amides is 2. The molecular weight excluding hydrogens is 567 g/mol. The highest BCUT2D eigenvalue weighted by molar-refractivity contribution is 14.1. The molecule has 4 atom stereocenters. The number of halogens is 2. The highest BCUT2D eigenvalue weighted by Gasteiger charge is 2.56. The second-order valence-corrected chi connectivity index (χ2v) is 10.4. The third-order valence-electron chi connectivity index (χ3n) is 6.69. The van der Waals surface area contributed by atoms with Gasteiger partial charge in [-0.25, -0.2) is 0 Å². The van der Waals surface area contributed by atoms with Crippen molar-refractivity contribution in [1.82, 2.24) is 5.01 Å². The molecule has 6 nitrogen and oxygen atoms in total. The number of benzene rings is 2. The smallest absolute Gasteiger partial charge is 0.254 e. The van der Waals surface area contributed by atoms with E-state index >= 15 is 0 Å². The van der Waals surface area contributed by atoms with Crippen molar-refractivity contribution in [3.05, 3.63) is 68.3 Å². The number of nitrogens with zero attached hydrogens (tertiary/aromatic N) is 2. The summed E-state index contributed by atoms with van der Waals surface area (Å²) < 4.78 is 12.7. The van der Waals surface area contributed by atoms with Crippen molar-refractivity contribution in [2.75, 3.05) is 6.61 Å². The lowest BCUT2D eigenvalue weighted by Crippen LogP contribution is -2.38. The van der Waals surface area contributed by atoms with E-state index < -0.39 is 0 Å². The number of carbonyl (C=O) groups is 2. The Balaban J connectivity index is 1.35. The van der Waals surface area contributed by atoms with Crippen LogP contribution < -0.4 is 9.47 Å². The molecule has 0 aromatic heterocycles. The molecule has 2 aromatic rings. The maximum atomic E-state index is 13.0. The third kappa shape index (κ3) is 4.35. The fraction of sp³-hybridized carbons (Fsp3) is 0.346. The largest absolute Gasteiger partial charge is 0.490 e. The quantitative estimate of drug-likeness (QED) is 0.186. The maximum absolute atomic E-state index is 13.0. The molecule has 176 valence electrons. The number of fused-ring (bicyclic) bond motifs is 1. The number of hydrogen-bond donors (Lipinski definition) is 0. The van der Waals surface area contributed by atoms with Crippen molar-refractivity contribution >= 4 is 52.2 Å². The van der Waals surface area contributed by atoms with E-state index in [1.54, 1.807) is 6.21 Å². The maximum Gasteiger partial charge on any atom is 0.254 e. The first-order chi connectivity index (χ1) is 16.5. The molecule has 1 saturated heterocycles. The molecule has 2 bridgehead atoms. The molecule has 2 aromatic carbocycles. The third-order valence-corrected chi connectivity index (χ3v) is 7.74. The topological polar surface area (TPSA) is 68.2 Å². The average Bonchev–Trinajstić information content (AvgIpc) is 3.11. The lowest BCUT2D eigenvalue weighted by molar-refractivity contribution is -0.140. The number of imide groups is 1. The first-order valence-corrected chi connectivity index (χ1v) is 12.9. The van der Waals surface area contributed by atoms with Crippen molar-refractivity contribution in [3.8, 4) is 11.5 Å². The van der Waals surface area contributed by atoms with Gasteiger partial charge in [0.05, 0.1) is 28.2 Å². The van der Waals surface area contributed by atoms with Crippen LogP contribution in [-0.4, -0.2) is 29.6 Å². The van der Waals surface area contributed by atoms with Gasteiger partial charge < -0.3 is 9.47 Å². The molecular formula is C26H24ClIN2O4. The van der Waals surface area contributed by atoms with Gasteiger partial charge in [0.25, 0.3) is 11.8 Å². The number of ether oxygens (including phenoxy) is 2. The van der Waals surface area contributed by atoms with Crippen LogP contribution in [0.2, 0.25) is 5.02 Å². The lowest BCUT2D eigenvalue weighted by Gasteiger charge is -2.37. The summed E-state index contributed by atoms with van der Waals surface area (Å²) in [7, 11) is 0. The van der Waals surface area contributed by atoms with Crippen molar-refractivity contribution in [2.24, 2.45) is 28.8 Å². The summed E-state index contributed by atoms with van der Waals surface area (Å²) in [5, 5.41) is 6.07. The molecule has 4 aliphatic rings. The predicted octanol–water partition coefficient (Wildman–Crippen LogP) is 5.45. The standard InChI is InChI=1S/C26H24ClIN2O4/c1-2-33-21-12-16(11-20(28)24(21)34-14-15-3-9-19(27)10-4-15)13-29-30-25(31)22-17-5-6-18(8-7-17)23(22)26(30)32/h3-6,9-13,17-18,22-23H,2,7-8,14H2,1H3/b29-13-/t17-,18-,22-,23+/m0/s1. The Morgan fingerprint density at radius 3 is 2.29 bits per heavy atom. The van der Waals surface area contributed by atoms with Crippen LogP contribution in [0, 0.1) is 27.2 Å². The van der Waals surface area contributed by atoms with E-state index in [0.717, 1.165) is 32.5 Å². The highest BCUT2D eigenvalue weighted by atomic mass is 127. The summed E-state index contributed by atoms with van der Waals surface area (Å²) in [4.78, 5) is 26.0. The summed E-state index contributed by atoms with van der Waals surface area (Å²) in [5.41, 5.74) is 1.72. The van der Waals surface area contributed by atoms with Gasteiger partial charge in [-0.1, -0.05) is 35.9 Å². The van der Waals surface area contributed by atoms with Crippen molar-refractivity contribution in [2.45, 2.75) is 26.4 Å². The average molecular weight is 591 g/mol. The van der Waals surface area contributed by atoms with Crippen LogP contribution in [0.15, 0.2) is 53.7 Å². The molecule has 6 rings (SSSR count). The molecule has 0 spiro atoms. The van der Waals surface area contributed by atoms with E-state index in [-0.39, 0.29) is 35.5 Å². The zero-order chi connectivity index (χ0) is 23.8. The SMILES string of the molecule is CCOc1cc(/C=N\N2C(=O)[C@@H]3[C@H](C2=O)[C@H]2C=C[C@H]3CC2)cc(I)c1OCc1ccc(Cl)cc1. The van der Waals surface area contributed by atoms with Crippen LogP contribution in [0.4, 0.5) is 0 Å². The number of allylic oxidation sites excluding steroid dienone is 2. The number of hydrazone groups is 1. The fourth-order valence-corrected chi connectivity index (χ4v) is 6.01. The monoisotopic (exact) mass is 590 g/mol. The van der Waals surface area contributed by atoms with E-state index in [2.05, 4.69) is 39.8 Å². The second kappa shape index (κ2) is 9.70. The van der Waals surface area contributed by atoms with E-state index in [0.29, 0.717) is 29.7 Å². The minimum Gasteiger partial charge on any atom is -0.490 e. The van der Waals surface area contributed by atoms with E-state index in [1.807, 2.05) is 43.3 Å². The Labute approximate surface area is 217 Å². The van der Waals surface area contributed by atoms with Crippen molar-refractivity contribution < 1.29 is 19.1 Å². The predicted molar refractivity (Wildman–Crippen MR) is 138 cm³/mol. The lowest BCUT2D eigenvalue weighted by atomic mass is 9.63. The molecule has 0 radical (unpaired) electrons. The van der Waals surface area contributed by atoms with Gasteiger partial charge in [-0.05, 0) is 89.6 Å². The number of hydrogen-bond acceptors (Lipinski definition) is 5. The van der Waals surface area contributed by atoms with Crippen LogP contribution in [-0.2, 0) is 16.2 Å². The van der Waals surface area contributed by atoms with Gasteiger partial charge in [-0.3, -0.25) is 9.59 Å². The first-order valence-electron chi connectivity index (χ1n) is 11.4. The molecule has 34 heavy (non-hydrogen) atoms. The Bertz CT molecular complexity index is 1150. The summed E-state index contributed by atoms with van der Waals surface area (Å²) in [5.74, 6) is 0.605. The summed E-state index contributed by atoms with van der Waals surface area (Å²) in [6, 6.07) is 11.2. The highest BCUT2D eigenvalue weighted by Crippen LogP contribution is 2.49. The van der Waals surface area contributed by atoms with E-state index in [9.17, 15) is 9.59 Å². The second-order valence-electron chi connectivity index (χ2n) is 8.75. The van der Waals surface area contributed by atoms with Crippen LogP contribution in [0.1, 0.15) is 30.9 Å². The van der Waals surface area contributed by atoms with Crippen LogP contribution in [0.25, 0.3) is 0 Å².